The number of carbonyl (C=O) groups is 3. The van der Waals surface area contributed by atoms with Gasteiger partial charge in [0.1, 0.15) is 12.3 Å². The van der Waals surface area contributed by atoms with E-state index < -0.39 is 0 Å². The van der Waals surface area contributed by atoms with E-state index in [0.717, 1.165) is 30.2 Å². The number of nitrogens with one attached hydrogen (secondary N) is 1. The second kappa shape index (κ2) is 7.50. The molecule has 1 N–H and O–H groups in total. The molecule has 3 amide bonds. The molecule has 4 rings (SSSR count). The molecule has 0 unspecified atom stereocenters. The SMILES string of the molecule is O=C(CN1C(=O)COc2cc(Br)ccc21)NC1CCN(C(=O)C2CC2)CC1. The van der Waals surface area contributed by atoms with Crippen molar-refractivity contribution in [3.05, 3.63) is 22.7 Å². The monoisotopic (exact) mass is 435 g/mol. The number of halogens is 1. The van der Waals surface area contributed by atoms with Crippen LogP contribution in [0.4, 0.5) is 5.69 Å². The minimum atomic E-state index is -0.232. The summed E-state index contributed by atoms with van der Waals surface area (Å²) in [5.41, 5.74) is 0.606. The summed E-state index contributed by atoms with van der Waals surface area (Å²) >= 11 is 3.38. The highest BCUT2D eigenvalue weighted by atomic mass is 79.9. The Bertz CT molecular complexity index is 772. The second-order valence-corrected chi connectivity index (χ2v) is 8.24. The molecular weight excluding hydrogens is 414 g/mol. The van der Waals surface area contributed by atoms with Crippen molar-refractivity contribution in [1.29, 1.82) is 0 Å². The van der Waals surface area contributed by atoms with Crippen molar-refractivity contribution in [3.8, 4) is 5.75 Å². The summed E-state index contributed by atoms with van der Waals surface area (Å²) in [6.45, 7) is 1.28. The first-order valence-electron chi connectivity index (χ1n) is 9.32. The Morgan fingerprint density at radius 1 is 1.19 bits per heavy atom. The number of piperidine rings is 1. The molecule has 27 heavy (non-hydrogen) atoms. The third kappa shape index (κ3) is 4.10. The zero-order chi connectivity index (χ0) is 19.0. The normalized spacial score (nSPS) is 20.1. The predicted molar refractivity (Wildman–Crippen MR) is 102 cm³/mol. The third-order valence-electron chi connectivity index (χ3n) is 5.26. The number of hydrogen-bond donors (Lipinski definition) is 1. The number of nitrogens with zero attached hydrogens (tertiary/aromatic N) is 2. The van der Waals surface area contributed by atoms with Gasteiger partial charge in [0.05, 0.1) is 5.69 Å². The number of fused-ring (bicyclic) bond motifs is 1. The van der Waals surface area contributed by atoms with E-state index in [4.69, 9.17) is 4.74 Å². The lowest BCUT2D eigenvalue weighted by atomic mass is 10.0. The van der Waals surface area contributed by atoms with Crippen LogP contribution in [0.25, 0.3) is 0 Å². The molecule has 144 valence electrons. The first-order chi connectivity index (χ1) is 13.0. The summed E-state index contributed by atoms with van der Waals surface area (Å²) in [6.07, 6.45) is 3.54. The minimum Gasteiger partial charge on any atom is -0.482 e. The Hall–Kier alpha value is -2.09. The highest BCUT2D eigenvalue weighted by Crippen LogP contribution is 2.34. The first kappa shape index (κ1) is 18.3. The molecule has 7 nitrogen and oxygen atoms in total. The van der Waals surface area contributed by atoms with Gasteiger partial charge in [-0.05, 0) is 43.9 Å². The van der Waals surface area contributed by atoms with Crippen LogP contribution in [0.1, 0.15) is 25.7 Å². The third-order valence-corrected chi connectivity index (χ3v) is 5.76. The van der Waals surface area contributed by atoms with Gasteiger partial charge < -0.3 is 15.0 Å². The van der Waals surface area contributed by atoms with Crippen LogP contribution in [-0.2, 0) is 14.4 Å². The Morgan fingerprint density at radius 2 is 1.93 bits per heavy atom. The summed E-state index contributed by atoms with van der Waals surface area (Å²) in [7, 11) is 0. The molecule has 2 aliphatic heterocycles. The summed E-state index contributed by atoms with van der Waals surface area (Å²) in [6, 6.07) is 5.42. The molecule has 8 heteroatoms. The maximum absolute atomic E-state index is 12.5. The van der Waals surface area contributed by atoms with Gasteiger partial charge in [0, 0.05) is 29.5 Å². The fourth-order valence-electron chi connectivity index (χ4n) is 3.60. The Kier molecular flexibility index (Phi) is 5.08. The van der Waals surface area contributed by atoms with Crippen molar-refractivity contribution in [1.82, 2.24) is 10.2 Å². The average molecular weight is 436 g/mol. The van der Waals surface area contributed by atoms with E-state index in [0.29, 0.717) is 24.5 Å². The Balaban J connectivity index is 1.32. The smallest absolute Gasteiger partial charge is 0.265 e. The molecule has 1 aromatic carbocycles. The number of likely N-dealkylation sites (tertiary alicyclic amines) is 1. The van der Waals surface area contributed by atoms with Crippen LogP contribution >= 0.6 is 15.9 Å². The van der Waals surface area contributed by atoms with E-state index in [1.807, 2.05) is 11.0 Å². The number of ether oxygens (including phenoxy) is 1. The van der Waals surface area contributed by atoms with Gasteiger partial charge in [0.25, 0.3) is 5.91 Å². The molecule has 0 bridgehead atoms. The summed E-state index contributed by atoms with van der Waals surface area (Å²) in [5, 5.41) is 3.01. The largest absolute Gasteiger partial charge is 0.482 e. The van der Waals surface area contributed by atoms with Gasteiger partial charge in [0.15, 0.2) is 6.61 Å². The van der Waals surface area contributed by atoms with Crippen LogP contribution < -0.4 is 15.0 Å². The van der Waals surface area contributed by atoms with Gasteiger partial charge in [-0.3, -0.25) is 19.3 Å². The maximum atomic E-state index is 12.5. The van der Waals surface area contributed by atoms with Crippen molar-refractivity contribution in [3.63, 3.8) is 0 Å². The number of carbonyl (C=O) groups excluding carboxylic acids is 3. The van der Waals surface area contributed by atoms with E-state index >= 15 is 0 Å². The molecule has 1 saturated heterocycles. The van der Waals surface area contributed by atoms with Crippen molar-refractivity contribution in [2.75, 3.05) is 31.1 Å². The lowest BCUT2D eigenvalue weighted by molar-refractivity contribution is -0.133. The molecule has 1 aromatic rings. The predicted octanol–water partition coefficient (Wildman–Crippen LogP) is 1.69. The fourth-order valence-corrected chi connectivity index (χ4v) is 3.94. The van der Waals surface area contributed by atoms with Crippen molar-refractivity contribution >= 4 is 39.3 Å². The topological polar surface area (TPSA) is 79.0 Å². The molecule has 0 radical (unpaired) electrons. The van der Waals surface area contributed by atoms with Gasteiger partial charge in [-0.15, -0.1) is 0 Å². The zero-order valence-electron chi connectivity index (χ0n) is 14.9. The van der Waals surface area contributed by atoms with Gasteiger partial charge in [-0.1, -0.05) is 15.9 Å². The van der Waals surface area contributed by atoms with Gasteiger partial charge in [-0.2, -0.15) is 0 Å². The maximum Gasteiger partial charge on any atom is 0.265 e. The standard InChI is InChI=1S/C19H22BrN3O4/c20-13-3-4-15-16(9-13)27-11-18(25)23(15)10-17(24)21-14-5-7-22(8-6-14)19(26)12-1-2-12/h3-4,9,12,14H,1-2,5-8,10-11H2,(H,21,24). The van der Waals surface area contributed by atoms with Gasteiger partial charge in [0.2, 0.25) is 11.8 Å². The second-order valence-electron chi connectivity index (χ2n) is 7.32. The quantitative estimate of drug-likeness (QED) is 0.780. The highest BCUT2D eigenvalue weighted by molar-refractivity contribution is 9.10. The van der Waals surface area contributed by atoms with Gasteiger partial charge >= 0.3 is 0 Å². The average Bonchev–Trinajstić information content (AvgIpc) is 3.49. The lowest BCUT2D eigenvalue weighted by Crippen LogP contribution is -2.50. The van der Waals surface area contributed by atoms with Crippen molar-refractivity contribution in [2.45, 2.75) is 31.7 Å². The van der Waals surface area contributed by atoms with Crippen LogP contribution in [0.15, 0.2) is 22.7 Å². The number of benzene rings is 1. The lowest BCUT2D eigenvalue weighted by Gasteiger charge is -2.33. The van der Waals surface area contributed by atoms with Crippen LogP contribution in [0.3, 0.4) is 0 Å². The van der Waals surface area contributed by atoms with E-state index in [1.54, 1.807) is 12.1 Å². The van der Waals surface area contributed by atoms with Crippen molar-refractivity contribution in [2.24, 2.45) is 5.92 Å². The fraction of sp³-hybridized carbons (Fsp3) is 0.526. The zero-order valence-corrected chi connectivity index (χ0v) is 16.5. The summed E-state index contributed by atoms with van der Waals surface area (Å²) in [4.78, 5) is 40.2. The molecular formula is C19H22BrN3O4. The number of hydrogen-bond acceptors (Lipinski definition) is 4. The number of anilines is 1. The molecule has 1 aliphatic carbocycles. The molecule has 3 aliphatic rings. The Labute approximate surface area is 166 Å². The van der Waals surface area contributed by atoms with E-state index in [1.165, 1.54) is 4.90 Å². The van der Waals surface area contributed by atoms with E-state index in [9.17, 15) is 14.4 Å². The summed E-state index contributed by atoms with van der Waals surface area (Å²) in [5.74, 6) is 0.671. The molecule has 0 aromatic heterocycles. The Morgan fingerprint density at radius 3 is 2.63 bits per heavy atom. The number of amides is 3. The van der Waals surface area contributed by atoms with Crippen molar-refractivity contribution < 1.29 is 19.1 Å². The highest BCUT2D eigenvalue weighted by Gasteiger charge is 2.35. The summed E-state index contributed by atoms with van der Waals surface area (Å²) < 4.78 is 6.30. The van der Waals surface area contributed by atoms with Crippen LogP contribution in [0, 0.1) is 5.92 Å². The molecule has 1 saturated carbocycles. The van der Waals surface area contributed by atoms with E-state index in [2.05, 4.69) is 21.2 Å². The molecule has 2 fully saturated rings. The molecule has 0 spiro atoms. The van der Waals surface area contributed by atoms with Crippen LogP contribution in [-0.4, -0.2) is 54.9 Å². The first-order valence-corrected chi connectivity index (χ1v) is 10.1. The minimum absolute atomic E-state index is 0.0297. The van der Waals surface area contributed by atoms with Crippen LogP contribution in [0.2, 0.25) is 0 Å². The van der Waals surface area contributed by atoms with Crippen LogP contribution in [0.5, 0.6) is 5.75 Å². The van der Waals surface area contributed by atoms with E-state index in [-0.39, 0.29) is 42.8 Å². The van der Waals surface area contributed by atoms with Gasteiger partial charge in [-0.25, -0.2) is 0 Å². The number of rotatable bonds is 4. The molecule has 2 heterocycles. The molecule has 0 atom stereocenters.